The lowest BCUT2D eigenvalue weighted by atomic mass is 9.90. The van der Waals surface area contributed by atoms with E-state index < -0.39 is 11.4 Å². The Labute approximate surface area is 137 Å². The first-order valence-corrected chi connectivity index (χ1v) is 8.13. The first kappa shape index (κ1) is 17.1. The molecule has 0 spiro atoms. The summed E-state index contributed by atoms with van der Waals surface area (Å²) in [6.45, 7) is 3.58. The maximum absolute atomic E-state index is 11.8. The van der Waals surface area contributed by atoms with Crippen molar-refractivity contribution in [2.45, 2.75) is 33.1 Å². The molecule has 0 fully saturated rings. The van der Waals surface area contributed by atoms with E-state index in [1.165, 1.54) is 11.3 Å². The Bertz CT molecular complexity index is 664. The monoisotopic (exact) mass is 337 g/mol. The maximum Gasteiger partial charge on any atom is 0.309 e. The fraction of sp³-hybridized carbons (Fsp3) is 0.467. The van der Waals surface area contributed by atoms with E-state index in [9.17, 15) is 9.59 Å². The Hall–Kier alpha value is -2.22. The minimum Gasteiger partial charge on any atom is -0.481 e. The molecule has 0 aromatic carbocycles. The average molecular weight is 337 g/mol. The molecule has 1 amide bonds. The van der Waals surface area contributed by atoms with E-state index in [1.807, 2.05) is 17.5 Å². The molecule has 0 atom stereocenters. The highest BCUT2D eigenvalue weighted by Gasteiger charge is 2.26. The Morgan fingerprint density at radius 2 is 2.22 bits per heavy atom. The van der Waals surface area contributed by atoms with Gasteiger partial charge in [0.1, 0.15) is 0 Å². The van der Waals surface area contributed by atoms with Crippen LogP contribution in [0.1, 0.15) is 32.6 Å². The van der Waals surface area contributed by atoms with Gasteiger partial charge < -0.3 is 14.9 Å². The van der Waals surface area contributed by atoms with Gasteiger partial charge in [0.2, 0.25) is 17.6 Å². The van der Waals surface area contributed by atoms with E-state index in [-0.39, 0.29) is 12.3 Å². The topological polar surface area (TPSA) is 105 Å². The first-order chi connectivity index (χ1) is 10.9. The van der Waals surface area contributed by atoms with E-state index in [0.717, 1.165) is 4.88 Å². The predicted octanol–water partition coefficient (Wildman–Crippen LogP) is 2.35. The summed E-state index contributed by atoms with van der Waals surface area (Å²) in [5, 5.41) is 17.5. The molecule has 2 N–H and O–H groups in total. The molecular formula is C15H19N3O4S. The van der Waals surface area contributed by atoms with Crippen LogP contribution in [0.3, 0.4) is 0 Å². The summed E-state index contributed by atoms with van der Waals surface area (Å²) in [5.41, 5.74) is -0.852. The molecule has 0 saturated heterocycles. The highest BCUT2D eigenvalue weighted by Crippen LogP contribution is 2.21. The number of hydrogen-bond acceptors (Lipinski definition) is 6. The SMILES string of the molecule is CC(C)(CCNC(=O)CCc1nc(-c2cccs2)no1)C(=O)O. The van der Waals surface area contributed by atoms with Crippen molar-refractivity contribution in [2.75, 3.05) is 6.54 Å². The number of carboxylic acids is 1. The van der Waals surface area contributed by atoms with Crippen molar-refractivity contribution >= 4 is 23.2 Å². The lowest BCUT2D eigenvalue weighted by Crippen LogP contribution is -2.32. The fourth-order valence-corrected chi connectivity index (χ4v) is 2.44. The third kappa shape index (κ3) is 4.88. The molecule has 0 radical (unpaired) electrons. The van der Waals surface area contributed by atoms with E-state index in [4.69, 9.17) is 9.63 Å². The number of amides is 1. The number of carbonyl (C=O) groups excluding carboxylic acids is 1. The van der Waals surface area contributed by atoms with Crippen molar-refractivity contribution in [3.05, 3.63) is 23.4 Å². The Kier molecular flexibility index (Phi) is 5.49. The van der Waals surface area contributed by atoms with Gasteiger partial charge in [-0.15, -0.1) is 11.3 Å². The minimum atomic E-state index is -0.876. The quantitative estimate of drug-likeness (QED) is 0.766. The molecule has 23 heavy (non-hydrogen) atoms. The number of nitrogens with one attached hydrogen (secondary N) is 1. The largest absolute Gasteiger partial charge is 0.481 e. The number of aryl methyl sites for hydroxylation is 1. The highest BCUT2D eigenvalue weighted by atomic mass is 32.1. The van der Waals surface area contributed by atoms with Crippen LogP contribution < -0.4 is 5.32 Å². The third-order valence-corrected chi connectivity index (χ3v) is 4.29. The van der Waals surface area contributed by atoms with Gasteiger partial charge in [-0.05, 0) is 31.7 Å². The summed E-state index contributed by atoms with van der Waals surface area (Å²) < 4.78 is 5.12. The van der Waals surface area contributed by atoms with Crippen LogP contribution in [0.25, 0.3) is 10.7 Å². The van der Waals surface area contributed by atoms with Crippen molar-refractivity contribution < 1.29 is 19.2 Å². The third-order valence-electron chi connectivity index (χ3n) is 3.43. The summed E-state index contributed by atoms with van der Waals surface area (Å²) in [7, 11) is 0. The number of thiophene rings is 1. The number of rotatable bonds is 8. The molecule has 0 bridgehead atoms. The molecule has 0 saturated carbocycles. The second kappa shape index (κ2) is 7.36. The zero-order valence-electron chi connectivity index (χ0n) is 13.0. The Balaban J connectivity index is 1.74. The predicted molar refractivity (Wildman–Crippen MR) is 85.0 cm³/mol. The molecule has 0 aliphatic rings. The minimum absolute atomic E-state index is 0.165. The summed E-state index contributed by atoms with van der Waals surface area (Å²) >= 11 is 1.52. The summed E-state index contributed by atoms with van der Waals surface area (Å²) in [4.78, 5) is 27.9. The van der Waals surface area contributed by atoms with Crippen LogP contribution in [0.5, 0.6) is 0 Å². The van der Waals surface area contributed by atoms with Gasteiger partial charge in [0.25, 0.3) is 0 Å². The smallest absolute Gasteiger partial charge is 0.309 e. The first-order valence-electron chi connectivity index (χ1n) is 7.25. The van der Waals surface area contributed by atoms with Gasteiger partial charge >= 0.3 is 5.97 Å². The van der Waals surface area contributed by atoms with Crippen LogP contribution >= 0.6 is 11.3 Å². The molecule has 2 aromatic heterocycles. The average Bonchev–Trinajstić information content (AvgIpc) is 3.15. The molecule has 2 rings (SSSR count). The summed E-state index contributed by atoms with van der Waals surface area (Å²) in [6, 6.07) is 3.80. The molecule has 2 heterocycles. The van der Waals surface area contributed by atoms with E-state index in [1.54, 1.807) is 13.8 Å². The number of carboxylic acid groups (broad SMARTS) is 1. The van der Waals surface area contributed by atoms with E-state index in [0.29, 0.717) is 31.1 Å². The highest BCUT2D eigenvalue weighted by molar-refractivity contribution is 7.13. The molecule has 0 aliphatic heterocycles. The van der Waals surface area contributed by atoms with Crippen LogP contribution in [-0.2, 0) is 16.0 Å². The number of aromatic nitrogens is 2. The van der Waals surface area contributed by atoms with Gasteiger partial charge in [-0.25, -0.2) is 0 Å². The number of hydrogen-bond donors (Lipinski definition) is 2. The normalized spacial score (nSPS) is 11.4. The molecule has 8 heteroatoms. The Morgan fingerprint density at radius 3 is 2.87 bits per heavy atom. The van der Waals surface area contributed by atoms with Crippen molar-refractivity contribution in [1.82, 2.24) is 15.5 Å². The van der Waals surface area contributed by atoms with Crippen LogP contribution in [0, 0.1) is 5.41 Å². The zero-order valence-corrected chi connectivity index (χ0v) is 13.9. The number of carbonyl (C=O) groups is 2. The van der Waals surface area contributed by atoms with Crippen molar-refractivity contribution in [3.8, 4) is 10.7 Å². The molecule has 7 nitrogen and oxygen atoms in total. The van der Waals surface area contributed by atoms with E-state index in [2.05, 4.69) is 15.5 Å². The van der Waals surface area contributed by atoms with Gasteiger partial charge in [-0.1, -0.05) is 11.2 Å². The van der Waals surface area contributed by atoms with Crippen LogP contribution in [0.15, 0.2) is 22.0 Å². The summed E-state index contributed by atoms with van der Waals surface area (Å²) in [6.07, 6.45) is 0.948. The molecule has 0 unspecified atom stereocenters. The molecular weight excluding hydrogens is 318 g/mol. The van der Waals surface area contributed by atoms with Gasteiger partial charge in [0.05, 0.1) is 10.3 Å². The fourth-order valence-electron chi connectivity index (χ4n) is 1.79. The van der Waals surface area contributed by atoms with Gasteiger partial charge in [-0.2, -0.15) is 4.98 Å². The Morgan fingerprint density at radius 1 is 1.43 bits per heavy atom. The van der Waals surface area contributed by atoms with Crippen molar-refractivity contribution in [2.24, 2.45) is 5.41 Å². The van der Waals surface area contributed by atoms with E-state index >= 15 is 0 Å². The van der Waals surface area contributed by atoms with Gasteiger partial charge in [-0.3, -0.25) is 9.59 Å². The number of aliphatic carboxylic acids is 1. The second-order valence-electron chi connectivity index (χ2n) is 5.78. The van der Waals surface area contributed by atoms with Gasteiger partial charge in [0.15, 0.2) is 0 Å². The number of nitrogens with zero attached hydrogens (tertiary/aromatic N) is 2. The summed E-state index contributed by atoms with van der Waals surface area (Å²) in [5.74, 6) is -0.103. The van der Waals surface area contributed by atoms with Crippen LogP contribution in [0.2, 0.25) is 0 Å². The molecule has 124 valence electrons. The van der Waals surface area contributed by atoms with Crippen LogP contribution in [0.4, 0.5) is 0 Å². The second-order valence-corrected chi connectivity index (χ2v) is 6.73. The molecule has 2 aromatic rings. The lowest BCUT2D eigenvalue weighted by Gasteiger charge is -2.18. The van der Waals surface area contributed by atoms with Crippen LogP contribution in [-0.4, -0.2) is 33.7 Å². The lowest BCUT2D eigenvalue weighted by molar-refractivity contribution is -0.147. The standard InChI is InChI=1S/C15H19N3O4S/c1-15(2,14(20)21)7-8-16-11(19)5-6-12-17-13(18-22-12)10-4-3-9-23-10/h3-4,9H,5-8H2,1-2H3,(H,16,19)(H,20,21). The maximum atomic E-state index is 11.8. The van der Waals surface area contributed by atoms with Gasteiger partial charge in [0, 0.05) is 19.4 Å². The van der Waals surface area contributed by atoms with Crippen molar-refractivity contribution in [1.29, 1.82) is 0 Å². The van der Waals surface area contributed by atoms with Crippen molar-refractivity contribution in [3.63, 3.8) is 0 Å². The molecule has 0 aliphatic carbocycles. The zero-order chi connectivity index (χ0) is 16.9.